The van der Waals surface area contributed by atoms with Crippen molar-refractivity contribution in [3.63, 3.8) is 0 Å². The Morgan fingerprint density at radius 1 is 1.14 bits per heavy atom. The molecule has 8 nitrogen and oxygen atoms in total. The van der Waals surface area contributed by atoms with Gasteiger partial charge in [-0.25, -0.2) is 9.59 Å². The molecule has 0 bridgehead atoms. The number of hydrogen-bond donors (Lipinski definition) is 5. The van der Waals surface area contributed by atoms with Crippen LogP contribution in [0, 0.1) is 5.92 Å². The van der Waals surface area contributed by atoms with Crippen LogP contribution in [0.5, 0.6) is 0 Å². The summed E-state index contributed by atoms with van der Waals surface area (Å²) in [6.07, 6.45) is 3.82. The van der Waals surface area contributed by atoms with Gasteiger partial charge in [-0.1, -0.05) is 12.8 Å². The van der Waals surface area contributed by atoms with E-state index in [1.807, 2.05) is 0 Å². The van der Waals surface area contributed by atoms with Gasteiger partial charge >= 0.3 is 11.9 Å². The van der Waals surface area contributed by atoms with E-state index in [4.69, 9.17) is 25.5 Å². The van der Waals surface area contributed by atoms with Gasteiger partial charge in [0.05, 0.1) is 11.6 Å². The van der Waals surface area contributed by atoms with Gasteiger partial charge in [-0.2, -0.15) is 0 Å². The molecule has 1 saturated carbocycles. The van der Waals surface area contributed by atoms with E-state index < -0.39 is 17.5 Å². The summed E-state index contributed by atoms with van der Waals surface area (Å²) >= 11 is 0. The number of nitrogens with one attached hydrogen (secondary N) is 1. The molecule has 6 N–H and O–H groups in total. The lowest BCUT2D eigenvalue weighted by molar-refractivity contribution is -0.159. The van der Waals surface area contributed by atoms with Crippen molar-refractivity contribution in [2.45, 2.75) is 51.2 Å². The van der Waals surface area contributed by atoms with Crippen molar-refractivity contribution in [1.82, 2.24) is 5.32 Å². The highest BCUT2D eigenvalue weighted by atomic mass is 16.4. The van der Waals surface area contributed by atoms with Gasteiger partial charge in [0.1, 0.15) is 0 Å². The molecule has 0 radical (unpaired) electrons. The van der Waals surface area contributed by atoms with E-state index in [1.165, 1.54) is 0 Å². The maximum Gasteiger partial charge on any atom is 0.414 e. The van der Waals surface area contributed by atoms with Crippen molar-refractivity contribution in [3.8, 4) is 0 Å². The van der Waals surface area contributed by atoms with Crippen molar-refractivity contribution in [2.24, 2.45) is 11.7 Å². The number of hydrogen-bond acceptors (Lipinski definition) is 5. The van der Waals surface area contributed by atoms with Crippen LogP contribution >= 0.6 is 0 Å². The third-order valence-corrected chi connectivity index (χ3v) is 3.16. The Kier molecular flexibility index (Phi) is 7.90. The maximum absolute atomic E-state index is 11.5. The minimum absolute atomic E-state index is 0.153. The van der Waals surface area contributed by atoms with E-state index in [0.29, 0.717) is 6.54 Å². The highest BCUT2D eigenvalue weighted by molar-refractivity contribution is 6.27. The number of amides is 1. The molecule has 8 heteroatoms. The van der Waals surface area contributed by atoms with Crippen molar-refractivity contribution in [1.29, 1.82) is 0 Å². The third-order valence-electron chi connectivity index (χ3n) is 3.16. The Hall–Kier alpha value is -1.67. The van der Waals surface area contributed by atoms with Crippen LogP contribution in [0.4, 0.5) is 0 Å². The summed E-state index contributed by atoms with van der Waals surface area (Å²) in [5.41, 5.74) is 4.82. The number of carboxylic acid groups (broad SMARTS) is 2. The molecule has 1 fully saturated rings. The number of carbonyl (C=O) groups excluding carboxylic acids is 1. The minimum atomic E-state index is -1.82. The highest BCUT2D eigenvalue weighted by Crippen LogP contribution is 2.23. The topological polar surface area (TPSA) is 150 Å². The minimum Gasteiger partial charge on any atom is -0.473 e. The summed E-state index contributed by atoms with van der Waals surface area (Å²) in [5.74, 6) is -3.60. The summed E-state index contributed by atoms with van der Waals surface area (Å²) in [7, 11) is 0. The maximum atomic E-state index is 11.5. The number of carboxylic acids is 2. The van der Waals surface area contributed by atoms with Gasteiger partial charge in [0.2, 0.25) is 5.91 Å². The van der Waals surface area contributed by atoms with E-state index in [-0.39, 0.29) is 17.9 Å². The lowest BCUT2D eigenvalue weighted by Gasteiger charge is -2.28. The van der Waals surface area contributed by atoms with Gasteiger partial charge in [0, 0.05) is 12.5 Å². The van der Waals surface area contributed by atoms with Crippen LogP contribution < -0.4 is 11.1 Å². The SMILES string of the molecule is CC(C)(N)C(=O)NCC1CCCCC1O.O=C(O)C(=O)O. The van der Waals surface area contributed by atoms with Crippen LogP contribution in [0.2, 0.25) is 0 Å². The van der Waals surface area contributed by atoms with E-state index in [2.05, 4.69) is 5.32 Å². The fourth-order valence-corrected chi connectivity index (χ4v) is 1.88. The standard InChI is InChI=1S/C11H22N2O2.C2H2O4/c1-11(2,12)10(15)13-7-8-5-3-4-6-9(8)14;3-1(4)2(5)6/h8-9,14H,3-7,12H2,1-2H3,(H,13,15);(H,3,4)(H,5,6). The molecular formula is C13H24N2O6. The quantitative estimate of drug-likeness (QED) is 0.443. The van der Waals surface area contributed by atoms with Crippen molar-refractivity contribution < 1.29 is 29.7 Å². The number of nitrogens with two attached hydrogens (primary N) is 1. The Morgan fingerprint density at radius 2 is 1.62 bits per heavy atom. The largest absolute Gasteiger partial charge is 0.473 e. The van der Waals surface area contributed by atoms with Crippen LogP contribution in [0.1, 0.15) is 39.5 Å². The normalized spacial score (nSPS) is 21.7. The monoisotopic (exact) mass is 304 g/mol. The van der Waals surface area contributed by atoms with Gasteiger partial charge in [-0.15, -0.1) is 0 Å². The molecule has 21 heavy (non-hydrogen) atoms. The van der Waals surface area contributed by atoms with Gasteiger partial charge in [-0.05, 0) is 26.7 Å². The zero-order valence-corrected chi connectivity index (χ0v) is 12.3. The number of carbonyl (C=O) groups is 3. The predicted octanol–water partition coefficient (Wildman–Crippen LogP) is -0.453. The van der Waals surface area contributed by atoms with Crippen LogP contribution in [-0.4, -0.2) is 51.4 Å². The Bertz CT molecular complexity index is 365. The second kappa shape index (κ2) is 8.58. The highest BCUT2D eigenvalue weighted by Gasteiger charge is 2.26. The Labute approximate surface area is 123 Å². The summed E-state index contributed by atoms with van der Waals surface area (Å²) in [4.78, 5) is 29.7. The molecule has 2 atom stereocenters. The summed E-state index contributed by atoms with van der Waals surface area (Å²) in [6.45, 7) is 3.90. The van der Waals surface area contributed by atoms with Crippen molar-refractivity contribution >= 4 is 17.8 Å². The summed E-state index contributed by atoms with van der Waals surface area (Å²) in [6, 6.07) is 0. The Balaban J connectivity index is 0.000000567. The molecule has 1 aliphatic rings. The van der Waals surface area contributed by atoms with Crippen molar-refractivity contribution in [3.05, 3.63) is 0 Å². The zero-order valence-electron chi connectivity index (χ0n) is 12.3. The van der Waals surface area contributed by atoms with E-state index >= 15 is 0 Å². The molecule has 0 spiro atoms. The Morgan fingerprint density at radius 3 is 2.00 bits per heavy atom. The fraction of sp³-hybridized carbons (Fsp3) is 0.769. The van der Waals surface area contributed by atoms with Crippen molar-refractivity contribution in [2.75, 3.05) is 6.54 Å². The first-order chi connectivity index (χ1) is 9.55. The number of aliphatic hydroxyl groups is 1. The molecule has 1 rings (SSSR count). The molecule has 122 valence electrons. The zero-order chi connectivity index (χ0) is 16.6. The molecule has 0 heterocycles. The predicted molar refractivity (Wildman–Crippen MR) is 74.5 cm³/mol. The van der Waals surface area contributed by atoms with Gasteiger partial charge in [0.15, 0.2) is 0 Å². The van der Waals surface area contributed by atoms with E-state index in [1.54, 1.807) is 13.8 Å². The van der Waals surface area contributed by atoms with Crippen LogP contribution in [0.15, 0.2) is 0 Å². The second-order valence-electron chi connectivity index (χ2n) is 5.65. The first-order valence-electron chi connectivity index (χ1n) is 6.77. The fourth-order valence-electron chi connectivity index (χ4n) is 1.88. The smallest absolute Gasteiger partial charge is 0.414 e. The average molecular weight is 304 g/mol. The van der Waals surface area contributed by atoms with E-state index in [0.717, 1.165) is 25.7 Å². The molecule has 2 unspecified atom stereocenters. The lowest BCUT2D eigenvalue weighted by Crippen LogP contribution is -2.51. The second-order valence-corrected chi connectivity index (χ2v) is 5.65. The number of rotatable bonds is 3. The third kappa shape index (κ3) is 8.26. The first-order valence-corrected chi connectivity index (χ1v) is 6.77. The van der Waals surface area contributed by atoms with Crippen LogP contribution in [0.25, 0.3) is 0 Å². The number of aliphatic hydroxyl groups excluding tert-OH is 1. The number of aliphatic carboxylic acids is 2. The van der Waals surface area contributed by atoms with E-state index in [9.17, 15) is 9.90 Å². The van der Waals surface area contributed by atoms with Crippen LogP contribution in [0.3, 0.4) is 0 Å². The van der Waals surface area contributed by atoms with Gasteiger partial charge in [-0.3, -0.25) is 4.79 Å². The average Bonchev–Trinajstić information content (AvgIpc) is 2.37. The molecule has 0 saturated heterocycles. The molecule has 0 aliphatic heterocycles. The molecule has 1 amide bonds. The summed E-state index contributed by atoms with van der Waals surface area (Å²) < 4.78 is 0. The summed E-state index contributed by atoms with van der Waals surface area (Å²) in [5, 5.41) is 27.3. The molecule has 0 aromatic rings. The van der Waals surface area contributed by atoms with Crippen LogP contribution in [-0.2, 0) is 14.4 Å². The molecule has 1 aliphatic carbocycles. The first kappa shape index (κ1) is 19.3. The van der Waals surface area contributed by atoms with Gasteiger partial charge in [0.25, 0.3) is 0 Å². The van der Waals surface area contributed by atoms with Gasteiger partial charge < -0.3 is 26.4 Å². The molecule has 0 aromatic carbocycles. The molecular weight excluding hydrogens is 280 g/mol. The molecule has 0 aromatic heterocycles. The lowest BCUT2D eigenvalue weighted by atomic mass is 9.86.